The largest absolute Gasteiger partial charge is 0.446 e. The molecule has 0 aliphatic carbocycles. The Kier molecular flexibility index (Phi) is 4.77. The molecule has 0 unspecified atom stereocenters. The molecular weight excluding hydrogens is 494 g/mol. The Morgan fingerprint density at radius 3 is 1.47 bits per heavy atom. The monoisotopic (exact) mass is 505 g/mol. The highest BCUT2D eigenvalue weighted by atomic mass is 32.3. The van der Waals surface area contributed by atoms with Crippen LogP contribution in [-0.4, -0.2) is 38.9 Å². The van der Waals surface area contributed by atoms with Crippen molar-refractivity contribution in [1.29, 1.82) is 0 Å². The van der Waals surface area contributed by atoms with Crippen LogP contribution in [0.3, 0.4) is 0 Å². The van der Waals surface area contributed by atoms with Crippen molar-refractivity contribution >= 4 is 69.2 Å². The molecule has 0 bridgehead atoms. The van der Waals surface area contributed by atoms with Crippen LogP contribution in [-0.2, 0) is 31.2 Å². The van der Waals surface area contributed by atoms with E-state index in [4.69, 9.17) is 19.4 Å². The van der Waals surface area contributed by atoms with Crippen LogP contribution in [0.1, 0.15) is 0 Å². The average molecular weight is 505 g/mol. The molecule has 4 aromatic rings. The van der Waals surface area contributed by atoms with Crippen LogP contribution >= 0.6 is 0 Å². The van der Waals surface area contributed by atoms with Crippen LogP contribution in [0.15, 0.2) is 36.4 Å². The summed E-state index contributed by atoms with van der Waals surface area (Å²) in [5.41, 5.74) is 6.03. The molecule has 16 heteroatoms. The molecule has 4 aromatic carbocycles. The maximum atomic E-state index is 11.4. The molecule has 0 fully saturated rings. The Bertz CT molecular complexity index is 1730. The zero-order valence-electron chi connectivity index (χ0n) is 15.3. The summed E-state index contributed by atoms with van der Waals surface area (Å²) in [7, 11) is -15.1. The first kappa shape index (κ1) is 22.1. The van der Waals surface area contributed by atoms with E-state index in [9.17, 15) is 25.3 Å². The third kappa shape index (κ3) is 4.14. The van der Waals surface area contributed by atoms with Gasteiger partial charge in [0.25, 0.3) is 0 Å². The Morgan fingerprint density at radius 1 is 0.562 bits per heavy atom. The topological polar surface area (TPSA) is 217 Å². The SMILES string of the molecule is Nc1ccc2c(OS(=O)(=O)O)cc3c(OS(=O)(=O)O)ccc4c(OS(=O)(=O)O)cc1c2c43. The predicted molar refractivity (Wildman–Crippen MR) is 111 cm³/mol. The van der Waals surface area contributed by atoms with Crippen molar-refractivity contribution in [1.82, 2.24) is 0 Å². The third-order valence-electron chi connectivity index (χ3n) is 4.40. The van der Waals surface area contributed by atoms with E-state index in [0.29, 0.717) is 0 Å². The van der Waals surface area contributed by atoms with E-state index in [-0.39, 0.29) is 38.0 Å². The molecule has 170 valence electrons. The Labute approximate surface area is 180 Å². The minimum absolute atomic E-state index is 0.0156. The van der Waals surface area contributed by atoms with Crippen molar-refractivity contribution in [3.8, 4) is 17.2 Å². The van der Waals surface area contributed by atoms with E-state index >= 15 is 0 Å². The van der Waals surface area contributed by atoms with Gasteiger partial charge < -0.3 is 18.3 Å². The summed E-state index contributed by atoms with van der Waals surface area (Å²) in [6, 6.07) is 6.98. The maximum Gasteiger partial charge on any atom is 0.446 e. The number of nitrogens with two attached hydrogens (primary N) is 1. The molecule has 0 radical (unpaired) electrons. The van der Waals surface area contributed by atoms with Crippen LogP contribution in [0.2, 0.25) is 0 Å². The first-order chi connectivity index (χ1) is 14.6. The van der Waals surface area contributed by atoms with Crippen molar-refractivity contribution in [2.45, 2.75) is 0 Å². The number of benzene rings is 4. The van der Waals surface area contributed by atoms with E-state index in [1.165, 1.54) is 18.2 Å². The summed E-state index contributed by atoms with van der Waals surface area (Å²) in [5.74, 6) is -1.36. The summed E-state index contributed by atoms with van der Waals surface area (Å²) in [5, 5.41) is 0.214. The molecule has 13 nitrogen and oxygen atoms in total. The van der Waals surface area contributed by atoms with Gasteiger partial charge in [-0.15, -0.1) is 0 Å². The normalized spacial score (nSPS) is 13.1. The lowest BCUT2D eigenvalue weighted by atomic mass is 9.92. The van der Waals surface area contributed by atoms with E-state index in [1.54, 1.807) is 0 Å². The van der Waals surface area contributed by atoms with E-state index in [2.05, 4.69) is 12.5 Å². The van der Waals surface area contributed by atoms with Gasteiger partial charge in [-0.3, -0.25) is 13.7 Å². The summed E-state index contributed by atoms with van der Waals surface area (Å²) >= 11 is 0. The number of nitrogen functional groups attached to an aromatic ring is 1. The lowest BCUT2D eigenvalue weighted by Crippen LogP contribution is -2.10. The van der Waals surface area contributed by atoms with Crippen molar-refractivity contribution in [3.63, 3.8) is 0 Å². The van der Waals surface area contributed by atoms with Crippen LogP contribution in [0.25, 0.3) is 32.3 Å². The minimum Gasteiger partial charge on any atom is -0.398 e. The minimum atomic E-state index is -5.04. The molecule has 0 amide bonds. The highest BCUT2D eigenvalue weighted by Crippen LogP contribution is 2.48. The number of rotatable bonds is 6. The molecule has 0 atom stereocenters. The van der Waals surface area contributed by atoms with Crippen LogP contribution in [0.4, 0.5) is 5.69 Å². The molecule has 0 spiro atoms. The second-order valence-corrected chi connectivity index (χ2v) is 9.51. The summed E-state index contributed by atoms with van der Waals surface area (Å²) in [6.07, 6.45) is 0. The van der Waals surface area contributed by atoms with Crippen molar-refractivity contribution in [2.75, 3.05) is 5.73 Å². The fourth-order valence-electron chi connectivity index (χ4n) is 3.45. The third-order valence-corrected chi connectivity index (χ3v) is 5.57. The summed E-state index contributed by atoms with van der Waals surface area (Å²) in [6.45, 7) is 0. The highest BCUT2D eigenvalue weighted by Gasteiger charge is 2.24. The van der Waals surface area contributed by atoms with Gasteiger partial charge in [-0.05, 0) is 36.4 Å². The molecule has 0 saturated heterocycles. The molecule has 0 heterocycles. The summed E-state index contributed by atoms with van der Waals surface area (Å²) in [4.78, 5) is 0. The van der Waals surface area contributed by atoms with Crippen molar-refractivity contribution in [2.24, 2.45) is 0 Å². The van der Waals surface area contributed by atoms with E-state index < -0.39 is 48.4 Å². The molecule has 0 aliphatic heterocycles. The predicted octanol–water partition coefficient (Wildman–Crippen LogP) is 1.71. The van der Waals surface area contributed by atoms with Gasteiger partial charge in [0.1, 0.15) is 0 Å². The molecular formula is C16H11NO12S3. The van der Waals surface area contributed by atoms with Crippen LogP contribution < -0.4 is 18.3 Å². The first-order valence-electron chi connectivity index (χ1n) is 8.17. The maximum absolute atomic E-state index is 11.4. The number of anilines is 1. The van der Waals surface area contributed by atoms with Gasteiger partial charge in [0.2, 0.25) is 0 Å². The first-order valence-corrected chi connectivity index (χ1v) is 12.3. The van der Waals surface area contributed by atoms with Gasteiger partial charge in [-0.1, -0.05) is 0 Å². The molecule has 0 aliphatic rings. The molecule has 4 rings (SSSR count). The molecule has 32 heavy (non-hydrogen) atoms. The van der Waals surface area contributed by atoms with Gasteiger partial charge in [0, 0.05) is 38.0 Å². The molecule has 0 saturated carbocycles. The number of hydrogen-bond donors (Lipinski definition) is 4. The van der Waals surface area contributed by atoms with Crippen LogP contribution in [0.5, 0.6) is 17.2 Å². The van der Waals surface area contributed by atoms with Gasteiger partial charge in [-0.25, -0.2) is 0 Å². The Balaban J connectivity index is 2.26. The second kappa shape index (κ2) is 6.92. The smallest absolute Gasteiger partial charge is 0.398 e. The zero-order valence-corrected chi connectivity index (χ0v) is 17.7. The second-order valence-electron chi connectivity index (χ2n) is 6.44. The van der Waals surface area contributed by atoms with Gasteiger partial charge >= 0.3 is 31.2 Å². The van der Waals surface area contributed by atoms with Crippen molar-refractivity contribution in [3.05, 3.63) is 36.4 Å². The molecule has 5 N–H and O–H groups in total. The Morgan fingerprint density at radius 2 is 0.969 bits per heavy atom. The Hall–Kier alpha value is -3.15. The standard InChI is InChI=1S/C16H11NO12S3/c17-11-3-1-7-14(29-32(24,25)26)6-10-12(27-30(18,19)20)4-2-8-13(28-31(21,22)23)5-9(11)15(7)16(8)10/h1-6H,17H2,(H,18,19,20)(H,21,22,23)(H,24,25,26). The van der Waals surface area contributed by atoms with E-state index in [1.807, 2.05) is 0 Å². The van der Waals surface area contributed by atoms with Crippen LogP contribution in [0, 0.1) is 0 Å². The average Bonchev–Trinajstić information content (AvgIpc) is 2.60. The lowest BCUT2D eigenvalue weighted by Gasteiger charge is -2.18. The fourth-order valence-corrected chi connectivity index (χ4v) is 4.55. The van der Waals surface area contributed by atoms with Crippen molar-refractivity contribution < 1.29 is 51.5 Å². The number of hydrogen-bond acceptors (Lipinski definition) is 10. The van der Waals surface area contributed by atoms with E-state index in [0.717, 1.165) is 18.2 Å². The fraction of sp³-hybridized carbons (Fsp3) is 0. The quantitative estimate of drug-likeness (QED) is 0.167. The van der Waals surface area contributed by atoms with Gasteiger partial charge in [-0.2, -0.15) is 25.3 Å². The molecule has 0 aromatic heterocycles. The lowest BCUT2D eigenvalue weighted by molar-refractivity contribution is 0.384. The van der Waals surface area contributed by atoms with Gasteiger partial charge in [0.05, 0.1) is 0 Å². The highest BCUT2D eigenvalue weighted by molar-refractivity contribution is 7.81. The van der Waals surface area contributed by atoms with Gasteiger partial charge in [0.15, 0.2) is 17.2 Å². The zero-order chi connectivity index (χ0) is 23.6. The summed E-state index contributed by atoms with van der Waals surface area (Å²) < 4.78 is 109.